The van der Waals surface area contributed by atoms with Gasteiger partial charge in [0.15, 0.2) is 0 Å². The predicted octanol–water partition coefficient (Wildman–Crippen LogP) is 7.04. The van der Waals surface area contributed by atoms with Crippen molar-refractivity contribution in [1.29, 1.82) is 0 Å². The van der Waals surface area contributed by atoms with Crippen LogP contribution in [0.2, 0.25) is 0 Å². The Balaban J connectivity index is 0.00000252. The molecule has 1 atom stereocenters. The molecular formula is C48H58Cl2Zr. The van der Waals surface area contributed by atoms with Crippen LogP contribution in [0.5, 0.6) is 0 Å². The van der Waals surface area contributed by atoms with Crippen LogP contribution >= 0.6 is 0 Å². The Bertz CT molecular complexity index is 2090. The van der Waals surface area contributed by atoms with Crippen LogP contribution in [-0.4, -0.2) is 3.71 Å². The fourth-order valence-electron chi connectivity index (χ4n) is 9.82. The molecular weight excluding hydrogens is 739 g/mol. The molecule has 0 aliphatic heterocycles. The molecule has 0 aromatic heterocycles. The van der Waals surface area contributed by atoms with Crippen molar-refractivity contribution in [3.05, 3.63) is 123 Å². The Hall–Kier alpha value is -2.05. The number of halogens is 2. The molecule has 0 heterocycles. The second kappa shape index (κ2) is 13.4. The van der Waals surface area contributed by atoms with Gasteiger partial charge >= 0.3 is 307 Å². The van der Waals surface area contributed by atoms with E-state index in [4.69, 9.17) is 0 Å². The summed E-state index contributed by atoms with van der Waals surface area (Å²) in [7, 11) is 0. The topological polar surface area (TPSA) is 0 Å². The van der Waals surface area contributed by atoms with Crippen molar-refractivity contribution in [3.63, 3.8) is 0 Å². The number of hydrogen-bond acceptors (Lipinski definition) is 0. The van der Waals surface area contributed by atoms with Gasteiger partial charge in [-0.15, -0.1) is 0 Å². The van der Waals surface area contributed by atoms with Crippen LogP contribution in [0.3, 0.4) is 0 Å². The first-order valence-electron chi connectivity index (χ1n) is 18.8. The fraction of sp³-hybridized carbons (Fsp3) is 0.438. The first kappa shape index (κ1) is 40.1. The van der Waals surface area contributed by atoms with Gasteiger partial charge in [-0.2, -0.15) is 0 Å². The maximum absolute atomic E-state index is 2.81. The second-order valence-electron chi connectivity index (χ2n) is 18.8. The van der Waals surface area contributed by atoms with Crippen LogP contribution in [0.25, 0.3) is 22.3 Å². The molecule has 3 aromatic rings. The Labute approximate surface area is 330 Å². The van der Waals surface area contributed by atoms with Gasteiger partial charge in [-0.05, 0) is 0 Å². The van der Waals surface area contributed by atoms with E-state index >= 15 is 0 Å². The summed E-state index contributed by atoms with van der Waals surface area (Å²) in [6, 6.07) is 19.9. The average molecular weight is 797 g/mol. The van der Waals surface area contributed by atoms with Gasteiger partial charge < -0.3 is 24.8 Å². The summed E-state index contributed by atoms with van der Waals surface area (Å²) in [5, 5.41) is 0. The number of rotatable bonds is 4. The molecule has 0 amide bonds. The van der Waals surface area contributed by atoms with Crippen molar-refractivity contribution in [3.8, 4) is 11.1 Å². The van der Waals surface area contributed by atoms with Crippen molar-refractivity contribution in [2.24, 2.45) is 11.3 Å². The molecule has 3 heteroatoms. The van der Waals surface area contributed by atoms with Gasteiger partial charge in [-0.3, -0.25) is 0 Å². The quantitative estimate of drug-likeness (QED) is 0.208. The minimum Gasteiger partial charge on any atom is -1.00 e. The largest absolute Gasteiger partial charge is 1.00 e. The summed E-state index contributed by atoms with van der Waals surface area (Å²) >= 11 is -2.62. The number of fused-ring (bicyclic) bond motifs is 5. The van der Waals surface area contributed by atoms with Crippen LogP contribution in [0.1, 0.15) is 148 Å². The Morgan fingerprint density at radius 1 is 0.765 bits per heavy atom. The Kier molecular flexibility index (Phi) is 10.5. The molecule has 0 radical (unpaired) electrons. The molecule has 0 saturated carbocycles. The van der Waals surface area contributed by atoms with Crippen molar-refractivity contribution in [1.82, 2.24) is 0 Å². The van der Waals surface area contributed by atoms with E-state index in [1.807, 2.05) is 3.28 Å². The average Bonchev–Trinajstić information content (AvgIpc) is 3.66. The van der Waals surface area contributed by atoms with Gasteiger partial charge in [-0.1, -0.05) is 0 Å². The van der Waals surface area contributed by atoms with E-state index in [0.29, 0.717) is 5.92 Å². The van der Waals surface area contributed by atoms with Crippen LogP contribution in [-0.2, 0) is 43.9 Å². The molecule has 4 aliphatic carbocycles. The monoisotopic (exact) mass is 794 g/mol. The number of allylic oxidation sites excluding steroid dienone is 8. The van der Waals surface area contributed by atoms with Gasteiger partial charge in [0.05, 0.1) is 0 Å². The maximum atomic E-state index is 2.81. The summed E-state index contributed by atoms with van der Waals surface area (Å²) in [5.74, 6) is 0.489. The molecule has 51 heavy (non-hydrogen) atoms. The van der Waals surface area contributed by atoms with Gasteiger partial charge in [0, 0.05) is 0 Å². The molecule has 268 valence electrons. The third kappa shape index (κ3) is 6.49. The first-order chi connectivity index (χ1) is 22.7. The second-order valence-corrected chi connectivity index (χ2v) is 24.1. The molecule has 0 spiro atoms. The zero-order valence-electron chi connectivity index (χ0n) is 33.6. The summed E-state index contributed by atoms with van der Waals surface area (Å²) < 4.78 is 6.40. The zero-order valence-corrected chi connectivity index (χ0v) is 37.6. The minimum absolute atomic E-state index is 0. The fourth-order valence-corrected chi connectivity index (χ4v) is 18.8. The van der Waals surface area contributed by atoms with E-state index in [1.54, 1.807) is 25.6 Å². The summed E-state index contributed by atoms with van der Waals surface area (Å²) in [6.07, 6.45) is 7.26. The smallest absolute Gasteiger partial charge is 1.00 e. The molecule has 4 aliphatic rings. The summed E-state index contributed by atoms with van der Waals surface area (Å²) in [4.78, 5) is 0. The standard InChI is InChI=1S/C25H25.C12H19.C11H14.2ClH.Zr/c1-14-12-24(3,4)22-8-16-7-17-9-23-19(15(2)13-25(23,5)6)11-21(17)20(16)10-18(14)22;1-6-10-7-9(2)8-11(10)12(3,4)5;1-9-5-7-10(8-6-9)11(2,3)4;;;/h8-12H,7H2,1-6H3;8-9H,6H2,1-5H3;1,5-8H,2-4H3;2*1H;/q;;;;;+2/p-2. The van der Waals surface area contributed by atoms with Gasteiger partial charge in [0.1, 0.15) is 0 Å². The molecule has 0 bridgehead atoms. The molecule has 3 aromatic carbocycles. The molecule has 0 saturated heterocycles. The molecule has 7 rings (SSSR count). The van der Waals surface area contributed by atoms with Crippen molar-refractivity contribution in [2.75, 3.05) is 0 Å². The van der Waals surface area contributed by atoms with Crippen molar-refractivity contribution in [2.45, 2.75) is 126 Å². The first-order valence-corrected chi connectivity index (χ1v) is 22.7. The Morgan fingerprint density at radius 3 is 1.88 bits per heavy atom. The minimum atomic E-state index is -2.62. The normalized spacial score (nSPS) is 19.6. The van der Waals surface area contributed by atoms with E-state index in [1.165, 1.54) is 55.6 Å². The maximum Gasteiger partial charge on any atom is -1.00 e. The molecule has 0 fully saturated rings. The van der Waals surface area contributed by atoms with Crippen LogP contribution in [0.4, 0.5) is 0 Å². The number of hydrogen-bond donors (Lipinski definition) is 0. The van der Waals surface area contributed by atoms with Crippen LogP contribution in [0, 0.1) is 11.3 Å². The molecule has 1 unspecified atom stereocenters. The Morgan fingerprint density at radius 2 is 1.33 bits per heavy atom. The summed E-state index contributed by atoms with van der Waals surface area (Å²) in [6.45, 7) is 33.7. The van der Waals surface area contributed by atoms with Gasteiger partial charge in [0.2, 0.25) is 0 Å². The van der Waals surface area contributed by atoms with Crippen LogP contribution < -0.4 is 24.8 Å². The van der Waals surface area contributed by atoms with Crippen molar-refractivity contribution >= 4 is 14.9 Å². The zero-order chi connectivity index (χ0) is 35.6. The molecule has 0 N–H and O–H groups in total. The summed E-state index contributed by atoms with van der Waals surface area (Å²) in [5.41, 5.74) is 21.4. The number of benzene rings is 3. The SMILES string of the molecule is CCC1=[C]([Zr+2](=[CH]c2ccc(C(C)(C)C)cc2)[C]2=C(C)c3cc4c(cc3C2(C)C)Cc2cc3c(cc2-4)C(C)=CC3(C)C)C(C)C=C1C(C)(C)C.[Cl-].[Cl-]. The van der Waals surface area contributed by atoms with E-state index in [0.717, 1.165) is 12.8 Å². The third-order valence-electron chi connectivity index (χ3n) is 12.3. The van der Waals surface area contributed by atoms with E-state index in [9.17, 15) is 0 Å². The van der Waals surface area contributed by atoms with Gasteiger partial charge in [-0.25, -0.2) is 0 Å². The van der Waals surface area contributed by atoms with Crippen molar-refractivity contribution < 1.29 is 46.1 Å². The van der Waals surface area contributed by atoms with E-state index in [-0.39, 0.29) is 46.5 Å². The molecule has 0 nitrogen and oxygen atoms in total. The van der Waals surface area contributed by atoms with Gasteiger partial charge in [0.25, 0.3) is 0 Å². The van der Waals surface area contributed by atoms with Crippen LogP contribution in [0.15, 0.2) is 78.4 Å². The van der Waals surface area contributed by atoms with E-state index in [2.05, 4.69) is 161 Å². The predicted molar refractivity (Wildman–Crippen MR) is 211 cm³/mol. The third-order valence-corrected chi connectivity index (χ3v) is 20.9. The van der Waals surface area contributed by atoms with E-state index < -0.39 is 21.3 Å².